The lowest BCUT2D eigenvalue weighted by molar-refractivity contribution is -0.112. The van der Waals surface area contributed by atoms with Crippen LogP contribution in [0.2, 0.25) is 0 Å². The predicted octanol–water partition coefficient (Wildman–Crippen LogP) is 4.63. The Bertz CT molecular complexity index is 993. The van der Waals surface area contributed by atoms with E-state index in [0.29, 0.717) is 27.2 Å². The van der Waals surface area contributed by atoms with E-state index in [4.69, 9.17) is 15.9 Å². The van der Waals surface area contributed by atoms with Crippen LogP contribution in [0.25, 0.3) is 6.08 Å². The largest absolute Gasteiger partial charge is 0.493 e. The Labute approximate surface area is 173 Å². The van der Waals surface area contributed by atoms with E-state index < -0.39 is 5.91 Å². The monoisotopic (exact) mass is 438 g/mol. The third-order valence-corrected chi connectivity index (χ3v) is 4.17. The molecular formula is C22H19BrN2O3. The van der Waals surface area contributed by atoms with E-state index in [1.807, 2.05) is 38.1 Å². The molecule has 0 fully saturated rings. The first-order valence-electron chi connectivity index (χ1n) is 8.33. The lowest BCUT2D eigenvalue weighted by atomic mass is 10.1. The van der Waals surface area contributed by atoms with Gasteiger partial charge in [-0.1, -0.05) is 27.9 Å². The number of anilines is 1. The fraction of sp³-hybridized carbons (Fsp3) is 0.182. The average Bonchev–Trinajstić information content (AvgIpc) is 2.63. The highest BCUT2D eigenvalue weighted by molar-refractivity contribution is 9.10. The van der Waals surface area contributed by atoms with Gasteiger partial charge >= 0.3 is 0 Å². The minimum atomic E-state index is -0.519. The maximum Gasteiger partial charge on any atom is 0.266 e. The van der Waals surface area contributed by atoms with E-state index >= 15 is 0 Å². The number of hydrogen-bond donors (Lipinski definition) is 1. The molecule has 28 heavy (non-hydrogen) atoms. The van der Waals surface area contributed by atoms with Crippen LogP contribution in [0.4, 0.5) is 5.69 Å². The van der Waals surface area contributed by atoms with E-state index in [9.17, 15) is 10.1 Å². The predicted molar refractivity (Wildman–Crippen MR) is 113 cm³/mol. The van der Waals surface area contributed by atoms with Crippen molar-refractivity contribution >= 4 is 33.6 Å². The summed E-state index contributed by atoms with van der Waals surface area (Å²) in [6, 6.07) is 11.0. The van der Waals surface area contributed by atoms with Crippen molar-refractivity contribution in [2.75, 3.05) is 19.0 Å². The van der Waals surface area contributed by atoms with Gasteiger partial charge in [0.05, 0.1) is 7.11 Å². The molecule has 2 rings (SSSR count). The van der Waals surface area contributed by atoms with Crippen molar-refractivity contribution in [1.29, 1.82) is 5.26 Å². The van der Waals surface area contributed by atoms with Gasteiger partial charge in [0.15, 0.2) is 11.5 Å². The second-order valence-electron chi connectivity index (χ2n) is 6.02. The van der Waals surface area contributed by atoms with Crippen molar-refractivity contribution in [3.05, 3.63) is 57.1 Å². The average molecular weight is 439 g/mol. The zero-order chi connectivity index (χ0) is 20.7. The summed E-state index contributed by atoms with van der Waals surface area (Å²) in [6.07, 6.45) is 6.72. The summed E-state index contributed by atoms with van der Waals surface area (Å²) in [4.78, 5) is 12.6. The molecule has 1 amide bonds. The molecule has 2 aromatic carbocycles. The number of methoxy groups -OCH3 is 1. The molecule has 0 spiro atoms. The highest BCUT2D eigenvalue weighted by Crippen LogP contribution is 2.36. The van der Waals surface area contributed by atoms with Crippen molar-refractivity contribution in [2.45, 2.75) is 13.8 Å². The first kappa shape index (κ1) is 21.1. The van der Waals surface area contributed by atoms with Crippen LogP contribution in [0, 0.1) is 37.5 Å². The van der Waals surface area contributed by atoms with Gasteiger partial charge in [-0.3, -0.25) is 4.79 Å². The Balaban J connectivity index is 2.43. The number of hydrogen-bond acceptors (Lipinski definition) is 4. The van der Waals surface area contributed by atoms with Crippen LogP contribution < -0.4 is 14.8 Å². The maximum atomic E-state index is 12.6. The first-order chi connectivity index (χ1) is 13.4. The number of halogens is 1. The van der Waals surface area contributed by atoms with Crippen molar-refractivity contribution in [1.82, 2.24) is 0 Å². The minimum Gasteiger partial charge on any atom is -0.493 e. The number of nitrogens with one attached hydrogen (secondary N) is 1. The van der Waals surface area contributed by atoms with Gasteiger partial charge in [0, 0.05) is 15.7 Å². The Kier molecular flexibility index (Phi) is 7.26. The molecule has 0 bridgehead atoms. The number of amides is 1. The number of nitrogens with zero attached hydrogens (tertiary/aromatic N) is 1. The van der Waals surface area contributed by atoms with Gasteiger partial charge in [-0.25, -0.2) is 0 Å². The summed E-state index contributed by atoms with van der Waals surface area (Å²) in [6.45, 7) is 3.90. The Hall–Kier alpha value is -3.22. The summed E-state index contributed by atoms with van der Waals surface area (Å²) >= 11 is 3.39. The SMILES string of the molecule is C#CCOc1c(/C=C(\C#N)C(=O)Nc2cc(C)cc(C)c2)cc(Br)cc1OC. The van der Waals surface area contributed by atoms with Crippen LogP contribution in [0.1, 0.15) is 16.7 Å². The second kappa shape index (κ2) is 9.64. The van der Waals surface area contributed by atoms with Crippen LogP contribution in [0.3, 0.4) is 0 Å². The lowest BCUT2D eigenvalue weighted by Crippen LogP contribution is -2.13. The van der Waals surface area contributed by atoms with Crippen LogP contribution in [-0.2, 0) is 4.79 Å². The first-order valence-corrected chi connectivity index (χ1v) is 9.12. The van der Waals surface area contributed by atoms with Gasteiger partial charge < -0.3 is 14.8 Å². The highest BCUT2D eigenvalue weighted by atomic mass is 79.9. The number of carbonyl (C=O) groups excluding carboxylic acids is 1. The normalized spacial score (nSPS) is 10.6. The van der Waals surface area contributed by atoms with Crippen molar-refractivity contribution in [3.8, 4) is 29.9 Å². The highest BCUT2D eigenvalue weighted by Gasteiger charge is 2.15. The molecule has 0 atom stereocenters. The second-order valence-corrected chi connectivity index (χ2v) is 6.94. The summed E-state index contributed by atoms with van der Waals surface area (Å²) < 4.78 is 11.6. The van der Waals surface area contributed by atoms with Crippen molar-refractivity contribution in [2.24, 2.45) is 0 Å². The number of ether oxygens (including phenoxy) is 2. The molecule has 0 heterocycles. The number of carbonyl (C=O) groups is 1. The smallest absolute Gasteiger partial charge is 0.266 e. The van der Waals surface area contributed by atoms with Crippen LogP contribution in [0.15, 0.2) is 40.4 Å². The Morgan fingerprint density at radius 3 is 2.50 bits per heavy atom. The number of benzene rings is 2. The molecule has 0 aliphatic carbocycles. The standard InChI is InChI=1S/C22H19BrN2O3/c1-5-6-28-21-16(11-18(23)12-20(21)27-4)10-17(13-24)22(26)25-19-8-14(2)7-15(3)9-19/h1,7-12H,6H2,2-4H3,(H,25,26)/b17-10+. The molecule has 0 aromatic heterocycles. The van der Waals surface area contributed by atoms with E-state index in [1.54, 1.807) is 12.1 Å². The molecule has 0 aliphatic heterocycles. The third kappa shape index (κ3) is 5.39. The Morgan fingerprint density at radius 1 is 1.25 bits per heavy atom. The molecule has 6 heteroatoms. The number of nitriles is 1. The van der Waals surface area contributed by atoms with Gasteiger partial charge in [0.25, 0.3) is 5.91 Å². The molecule has 142 valence electrons. The van der Waals surface area contributed by atoms with Crippen LogP contribution in [0.5, 0.6) is 11.5 Å². The quantitative estimate of drug-likeness (QED) is 0.405. The van der Waals surface area contributed by atoms with Gasteiger partial charge in [0.2, 0.25) is 0 Å². The Morgan fingerprint density at radius 2 is 1.93 bits per heavy atom. The zero-order valence-corrected chi connectivity index (χ0v) is 17.4. The fourth-order valence-corrected chi connectivity index (χ4v) is 3.12. The van der Waals surface area contributed by atoms with E-state index in [0.717, 1.165) is 11.1 Å². The van der Waals surface area contributed by atoms with Crippen molar-refractivity contribution in [3.63, 3.8) is 0 Å². The lowest BCUT2D eigenvalue weighted by Gasteiger charge is -2.13. The number of rotatable bonds is 6. The molecule has 0 saturated carbocycles. The molecule has 2 aromatic rings. The molecule has 5 nitrogen and oxygen atoms in total. The molecule has 0 unspecified atom stereocenters. The summed E-state index contributed by atoms with van der Waals surface area (Å²) in [5.74, 6) is 2.66. The van der Waals surface area contributed by atoms with Gasteiger partial charge in [-0.05, 0) is 55.3 Å². The van der Waals surface area contributed by atoms with Gasteiger partial charge in [-0.15, -0.1) is 6.42 Å². The van der Waals surface area contributed by atoms with E-state index in [1.165, 1.54) is 13.2 Å². The van der Waals surface area contributed by atoms with Gasteiger partial charge in [-0.2, -0.15) is 5.26 Å². The minimum absolute atomic E-state index is 0.0233. The van der Waals surface area contributed by atoms with E-state index in [2.05, 4.69) is 27.2 Å². The third-order valence-electron chi connectivity index (χ3n) is 3.71. The molecule has 1 N–H and O–H groups in total. The van der Waals surface area contributed by atoms with Gasteiger partial charge in [0.1, 0.15) is 18.2 Å². The maximum absolute atomic E-state index is 12.6. The summed E-state index contributed by atoms with van der Waals surface area (Å²) in [5, 5.41) is 12.3. The molecule has 0 radical (unpaired) electrons. The fourth-order valence-electron chi connectivity index (χ4n) is 2.67. The van der Waals surface area contributed by atoms with Crippen LogP contribution >= 0.6 is 15.9 Å². The number of terminal acetylenes is 1. The van der Waals surface area contributed by atoms with Crippen LogP contribution in [-0.4, -0.2) is 19.6 Å². The zero-order valence-electron chi connectivity index (χ0n) is 15.8. The molecule has 0 saturated heterocycles. The van der Waals surface area contributed by atoms with Crippen molar-refractivity contribution < 1.29 is 14.3 Å². The summed E-state index contributed by atoms with van der Waals surface area (Å²) in [5.41, 5.74) is 3.07. The molecular weight excluding hydrogens is 420 g/mol. The molecule has 0 aliphatic rings. The summed E-state index contributed by atoms with van der Waals surface area (Å²) in [7, 11) is 1.50. The topological polar surface area (TPSA) is 71.3 Å². The number of aryl methyl sites for hydroxylation is 2. The van der Waals surface area contributed by atoms with E-state index in [-0.39, 0.29) is 12.2 Å².